The van der Waals surface area contributed by atoms with Crippen molar-refractivity contribution in [3.63, 3.8) is 0 Å². The van der Waals surface area contributed by atoms with Crippen LogP contribution in [0.3, 0.4) is 0 Å². The van der Waals surface area contributed by atoms with Crippen LogP contribution in [0.25, 0.3) is 0 Å². The molecule has 4 rings (SSSR count). The normalized spacial score (nSPS) is 48.9. The predicted molar refractivity (Wildman–Crippen MR) is 114 cm³/mol. The first-order chi connectivity index (χ1) is 13.3. The fraction of sp³-hybridized carbons (Fsp3) is 0.960. The van der Waals surface area contributed by atoms with Crippen molar-refractivity contribution in [2.45, 2.75) is 97.5 Å². The Balaban J connectivity index is 1.48. The van der Waals surface area contributed by atoms with E-state index >= 15 is 0 Å². The van der Waals surface area contributed by atoms with E-state index in [4.69, 9.17) is 0 Å². The summed E-state index contributed by atoms with van der Waals surface area (Å²) in [6, 6.07) is 0. The lowest BCUT2D eigenvalue weighted by atomic mass is 9.44. The standard InChI is InChI=1S/C25H43NO2/c1-16(5-10-23(28)26-4)20-8-9-21-19-7-6-17-15-18(27)11-13-24(17,2)22(19)12-14-25(20,21)3/h16-22,27H,5-15H2,1-4H3,(H,26,28)/t16-,17-,18-,19+,20-,21+,22+,24+,25-/m1/s1. The number of rotatable bonds is 4. The van der Waals surface area contributed by atoms with Crippen molar-refractivity contribution in [2.75, 3.05) is 7.05 Å². The smallest absolute Gasteiger partial charge is 0.219 e. The molecular weight excluding hydrogens is 346 g/mol. The monoisotopic (exact) mass is 389 g/mol. The molecule has 2 N–H and O–H groups in total. The van der Waals surface area contributed by atoms with E-state index < -0.39 is 0 Å². The van der Waals surface area contributed by atoms with E-state index in [1.807, 2.05) is 0 Å². The van der Waals surface area contributed by atoms with Gasteiger partial charge < -0.3 is 10.4 Å². The Morgan fingerprint density at radius 1 is 1.04 bits per heavy atom. The summed E-state index contributed by atoms with van der Waals surface area (Å²) in [5, 5.41) is 13.0. The van der Waals surface area contributed by atoms with E-state index in [2.05, 4.69) is 26.1 Å². The molecule has 3 nitrogen and oxygen atoms in total. The average molecular weight is 390 g/mol. The minimum absolute atomic E-state index is 0.0412. The van der Waals surface area contributed by atoms with Gasteiger partial charge in [0.15, 0.2) is 0 Å². The first-order valence-corrected chi connectivity index (χ1v) is 12.2. The molecule has 0 spiro atoms. The van der Waals surface area contributed by atoms with Crippen LogP contribution in [0.5, 0.6) is 0 Å². The molecule has 0 radical (unpaired) electrons. The number of hydrogen-bond acceptors (Lipinski definition) is 2. The van der Waals surface area contributed by atoms with Crippen LogP contribution in [0.2, 0.25) is 0 Å². The Hall–Kier alpha value is -0.570. The van der Waals surface area contributed by atoms with Crippen molar-refractivity contribution >= 4 is 5.91 Å². The third-order valence-corrected chi connectivity index (χ3v) is 10.5. The Morgan fingerprint density at radius 2 is 1.75 bits per heavy atom. The summed E-state index contributed by atoms with van der Waals surface area (Å²) in [6.07, 6.45) is 13.3. The van der Waals surface area contributed by atoms with E-state index in [9.17, 15) is 9.90 Å². The van der Waals surface area contributed by atoms with Gasteiger partial charge in [-0.15, -0.1) is 0 Å². The van der Waals surface area contributed by atoms with Gasteiger partial charge in [0.25, 0.3) is 0 Å². The predicted octanol–water partition coefficient (Wildman–Crippen LogP) is 5.17. The number of nitrogens with one attached hydrogen (secondary N) is 1. The molecule has 0 aromatic rings. The van der Waals surface area contributed by atoms with Gasteiger partial charge >= 0.3 is 0 Å². The molecule has 9 atom stereocenters. The molecule has 0 heterocycles. The highest BCUT2D eigenvalue weighted by Gasteiger charge is 2.60. The van der Waals surface area contributed by atoms with Gasteiger partial charge in [-0.2, -0.15) is 0 Å². The van der Waals surface area contributed by atoms with Crippen LogP contribution < -0.4 is 5.32 Å². The summed E-state index contributed by atoms with van der Waals surface area (Å²) >= 11 is 0. The maximum absolute atomic E-state index is 11.7. The largest absolute Gasteiger partial charge is 0.393 e. The van der Waals surface area contributed by atoms with E-state index in [0.717, 1.165) is 48.9 Å². The summed E-state index contributed by atoms with van der Waals surface area (Å²) in [5.74, 6) is 5.08. The molecule has 0 aromatic heterocycles. The van der Waals surface area contributed by atoms with Crippen molar-refractivity contribution in [3.05, 3.63) is 0 Å². The number of fused-ring (bicyclic) bond motifs is 5. The second-order valence-electron chi connectivity index (χ2n) is 11.5. The highest BCUT2D eigenvalue weighted by molar-refractivity contribution is 5.75. The Labute approximate surface area is 172 Å². The summed E-state index contributed by atoms with van der Waals surface area (Å²) in [7, 11) is 1.75. The van der Waals surface area contributed by atoms with Gasteiger partial charge in [-0.1, -0.05) is 20.8 Å². The topological polar surface area (TPSA) is 49.3 Å². The maximum Gasteiger partial charge on any atom is 0.219 e. The Morgan fingerprint density at radius 3 is 2.50 bits per heavy atom. The molecule has 0 saturated heterocycles. The zero-order valence-corrected chi connectivity index (χ0v) is 18.7. The molecule has 4 aliphatic rings. The molecule has 0 aromatic carbocycles. The van der Waals surface area contributed by atoms with Gasteiger partial charge in [0, 0.05) is 13.5 Å². The molecule has 0 unspecified atom stereocenters. The number of carbonyl (C=O) groups is 1. The molecule has 4 fully saturated rings. The Kier molecular flexibility index (Phi) is 5.61. The average Bonchev–Trinajstić information content (AvgIpc) is 3.03. The minimum Gasteiger partial charge on any atom is -0.393 e. The molecule has 0 bridgehead atoms. The van der Waals surface area contributed by atoms with Crippen molar-refractivity contribution in [2.24, 2.45) is 46.3 Å². The summed E-state index contributed by atoms with van der Waals surface area (Å²) in [5.41, 5.74) is 0.965. The van der Waals surface area contributed by atoms with Gasteiger partial charge in [0.1, 0.15) is 0 Å². The zero-order valence-electron chi connectivity index (χ0n) is 18.7. The summed E-state index contributed by atoms with van der Waals surface area (Å²) in [4.78, 5) is 11.7. The lowest BCUT2D eigenvalue weighted by molar-refractivity contribution is -0.129. The van der Waals surface area contributed by atoms with Crippen LogP contribution in [0.1, 0.15) is 91.4 Å². The van der Waals surface area contributed by atoms with Gasteiger partial charge in [0.2, 0.25) is 5.91 Å². The van der Waals surface area contributed by atoms with Crippen molar-refractivity contribution in [3.8, 4) is 0 Å². The first kappa shape index (κ1) is 20.7. The van der Waals surface area contributed by atoms with Crippen LogP contribution in [0, 0.1) is 46.3 Å². The fourth-order valence-corrected chi connectivity index (χ4v) is 8.90. The second kappa shape index (κ2) is 7.60. The number of amides is 1. The molecule has 28 heavy (non-hydrogen) atoms. The lowest BCUT2D eigenvalue weighted by Crippen LogP contribution is -2.54. The molecule has 0 aliphatic heterocycles. The van der Waals surface area contributed by atoms with Gasteiger partial charge in [-0.3, -0.25) is 4.79 Å². The molecule has 160 valence electrons. The summed E-state index contributed by atoms with van der Waals surface area (Å²) in [6.45, 7) is 7.61. The first-order valence-electron chi connectivity index (χ1n) is 12.2. The molecule has 3 heteroatoms. The highest BCUT2D eigenvalue weighted by Crippen LogP contribution is 2.68. The number of hydrogen-bond donors (Lipinski definition) is 2. The highest BCUT2D eigenvalue weighted by atomic mass is 16.3. The number of carbonyl (C=O) groups excluding carboxylic acids is 1. The van der Waals surface area contributed by atoms with E-state index in [1.165, 1.54) is 44.9 Å². The molecule has 4 aliphatic carbocycles. The van der Waals surface area contributed by atoms with Crippen molar-refractivity contribution in [1.82, 2.24) is 5.32 Å². The van der Waals surface area contributed by atoms with Gasteiger partial charge in [-0.05, 0) is 111 Å². The summed E-state index contributed by atoms with van der Waals surface area (Å²) < 4.78 is 0. The van der Waals surface area contributed by atoms with Crippen LogP contribution >= 0.6 is 0 Å². The SMILES string of the molecule is CNC(=O)CC[C@@H](C)[C@H]1CC[C@H]2[C@@H]3CC[C@@H]4C[C@H](O)CC[C@]4(C)[C@H]3CC[C@]12C. The van der Waals surface area contributed by atoms with Crippen molar-refractivity contribution in [1.29, 1.82) is 0 Å². The van der Waals surface area contributed by atoms with E-state index in [1.54, 1.807) is 7.05 Å². The zero-order chi connectivity index (χ0) is 20.1. The Bertz CT molecular complexity index is 591. The third-order valence-electron chi connectivity index (χ3n) is 10.5. The molecule has 4 saturated carbocycles. The van der Waals surface area contributed by atoms with E-state index in [-0.39, 0.29) is 12.0 Å². The van der Waals surface area contributed by atoms with Crippen LogP contribution in [-0.4, -0.2) is 24.2 Å². The van der Waals surface area contributed by atoms with E-state index in [0.29, 0.717) is 23.2 Å². The minimum atomic E-state index is -0.0412. The quantitative estimate of drug-likeness (QED) is 0.697. The lowest BCUT2D eigenvalue weighted by Gasteiger charge is -2.61. The fourth-order valence-electron chi connectivity index (χ4n) is 8.90. The number of aliphatic hydroxyl groups excluding tert-OH is 1. The molecular formula is C25H43NO2. The number of aliphatic hydroxyl groups is 1. The van der Waals surface area contributed by atoms with Crippen LogP contribution in [0.15, 0.2) is 0 Å². The molecule has 1 amide bonds. The van der Waals surface area contributed by atoms with Gasteiger partial charge in [0.05, 0.1) is 6.10 Å². The van der Waals surface area contributed by atoms with Crippen molar-refractivity contribution < 1.29 is 9.90 Å². The van der Waals surface area contributed by atoms with Crippen LogP contribution in [-0.2, 0) is 4.79 Å². The second-order valence-corrected chi connectivity index (χ2v) is 11.5. The third kappa shape index (κ3) is 3.24. The maximum atomic E-state index is 11.7. The van der Waals surface area contributed by atoms with Gasteiger partial charge in [-0.25, -0.2) is 0 Å². The van der Waals surface area contributed by atoms with Crippen LogP contribution in [0.4, 0.5) is 0 Å².